The number of aliphatic hydroxyl groups excluding tert-OH is 1. The van der Waals surface area contributed by atoms with Gasteiger partial charge in [0.2, 0.25) is 0 Å². The normalized spacial score (nSPS) is 22.1. The molecule has 0 aromatic heterocycles. The van der Waals surface area contributed by atoms with Crippen LogP contribution in [0.4, 0.5) is 4.39 Å². The molecule has 4 heteroatoms. The van der Waals surface area contributed by atoms with Gasteiger partial charge in [0.1, 0.15) is 11.6 Å². The van der Waals surface area contributed by atoms with Crippen molar-refractivity contribution in [3.63, 3.8) is 0 Å². The summed E-state index contributed by atoms with van der Waals surface area (Å²) >= 11 is 0. The fourth-order valence-corrected chi connectivity index (χ4v) is 2.13. The van der Waals surface area contributed by atoms with Crippen LogP contribution in [0.15, 0.2) is 18.2 Å². The maximum Gasteiger partial charge on any atom is 0.124 e. The van der Waals surface area contributed by atoms with Crippen molar-refractivity contribution in [2.24, 2.45) is 0 Å². The molecule has 1 aromatic carbocycles. The zero-order valence-corrected chi connectivity index (χ0v) is 9.24. The van der Waals surface area contributed by atoms with Crippen LogP contribution in [-0.2, 0) is 0 Å². The van der Waals surface area contributed by atoms with Crippen molar-refractivity contribution in [1.82, 2.24) is 5.32 Å². The van der Waals surface area contributed by atoms with E-state index in [1.54, 1.807) is 6.07 Å². The van der Waals surface area contributed by atoms with Gasteiger partial charge in [-0.1, -0.05) is 0 Å². The second kappa shape index (κ2) is 4.80. The smallest absolute Gasteiger partial charge is 0.124 e. The van der Waals surface area contributed by atoms with Crippen LogP contribution in [0, 0.1) is 5.82 Å². The Morgan fingerprint density at radius 1 is 1.56 bits per heavy atom. The average Bonchev–Trinajstić information content (AvgIpc) is 2.81. The van der Waals surface area contributed by atoms with E-state index in [2.05, 4.69) is 5.32 Å². The lowest BCUT2D eigenvalue weighted by Gasteiger charge is -2.20. The first-order valence-electron chi connectivity index (χ1n) is 5.47. The summed E-state index contributed by atoms with van der Waals surface area (Å²) < 4.78 is 18.3. The van der Waals surface area contributed by atoms with Crippen LogP contribution in [0.3, 0.4) is 0 Å². The molecule has 0 radical (unpaired) electrons. The number of methoxy groups -OCH3 is 1. The van der Waals surface area contributed by atoms with Crippen molar-refractivity contribution in [3.05, 3.63) is 29.6 Å². The standard InChI is InChI=1S/C12H16FNO2/c1-16-11-5-4-8(13)7-9(11)12(15)10-3-2-6-14-10/h4-5,7,10,12,14-15H,2-3,6H2,1H3. The first-order valence-corrected chi connectivity index (χ1v) is 5.47. The highest BCUT2D eigenvalue weighted by atomic mass is 19.1. The summed E-state index contributed by atoms with van der Waals surface area (Å²) in [6.07, 6.45) is 1.23. The number of benzene rings is 1. The third-order valence-corrected chi connectivity index (χ3v) is 2.99. The van der Waals surface area contributed by atoms with Gasteiger partial charge in [0.15, 0.2) is 0 Å². The fourth-order valence-electron chi connectivity index (χ4n) is 2.13. The van der Waals surface area contributed by atoms with Gasteiger partial charge in [-0.15, -0.1) is 0 Å². The van der Waals surface area contributed by atoms with Gasteiger partial charge in [-0.25, -0.2) is 4.39 Å². The minimum atomic E-state index is -0.715. The molecule has 0 bridgehead atoms. The first-order chi connectivity index (χ1) is 7.72. The van der Waals surface area contributed by atoms with Crippen LogP contribution < -0.4 is 10.1 Å². The topological polar surface area (TPSA) is 41.5 Å². The predicted octanol–water partition coefficient (Wildman–Crippen LogP) is 1.62. The van der Waals surface area contributed by atoms with Crippen molar-refractivity contribution in [2.75, 3.05) is 13.7 Å². The minimum absolute atomic E-state index is 0.00398. The molecule has 1 aliphatic heterocycles. The molecule has 0 saturated carbocycles. The summed E-state index contributed by atoms with van der Waals surface area (Å²) in [4.78, 5) is 0. The average molecular weight is 225 g/mol. The molecule has 2 N–H and O–H groups in total. The quantitative estimate of drug-likeness (QED) is 0.821. The van der Waals surface area contributed by atoms with E-state index in [-0.39, 0.29) is 11.9 Å². The van der Waals surface area contributed by atoms with Gasteiger partial charge in [0, 0.05) is 11.6 Å². The molecule has 1 fully saturated rings. The molecule has 88 valence electrons. The maximum atomic E-state index is 13.1. The highest BCUT2D eigenvalue weighted by molar-refractivity contribution is 5.36. The lowest BCUT2D eigenvalue weighted by molar-refractivity contribution is 0.133. The fraction of sp³-hybridized carbons (Fsp3) is 0.500. The van der Waals surface area contributed by atoms with Crippen molar-refractivity contribution in [3.8, 4) is 5.75 Å². The predicted molar refractivity (Wildman–Crippen MR) is 58.9 cm³/mol. The van der Waals surface area contributed by atoms with E-state index in [0.717, 1.165) is 19.4 Å². The van der Waals surface area contributed by atoms with E-state index in [1.165, 1.54) is 19.2 Å². The molecular weight excluding hydrogens is 209 g/mol. The van der Waals surface area contributed by atoms with Crippen molar-refractivity contribution in [1.29, 1.82) is 0 Å². The maximum absolute atomic E-state index is 13.1. The summed E-state index contributed by atoms with van der Waals surface area (Å²) in [5.41, 5.74) is 0.516. The molecule has 2 atom stereocenters. The van der Waals surface area contributed by atoms with E-state index >= 15 is 0 Å². The summed E-state index contributed by atoms with van der Waals surface area (Å²) in [6, 6.07) is 4.21. The van der Waals surface area contributed by atoms with Crippen LogP contribution in [0.25, 0.3) is 0 Å². The number of ether oxygens (including phenoxy) is 1. The van der Waals surface area contributed by atoms with Gasteiger partial charge in [-0.2, -0.15) is 0 Å². The van der Waals surface area contributed by atoms with Gasteiger partial charge in [-0.05, 0) is 37.6 Å². The van der Waals surface area contributed by atoms with E-state index in [0.29, 0.717) is 11.3 Å². The van der Waals surface area contributed by atoms with Crippen molar-refractivity contribution in [2.45, 2.75) is 25.0 Å². The summed E-state index contributed by atoms with van der Waals surface area (Å²) in [5.74, 6) is 0.176. The van der Waals surface area contributed by atoms with Crippen LogP contribution in [-0.4, -0.2) is 24.8 Å². The van der Waals surface area contributed by atoms with Crippen LogP contribution in [0.1, 0.15) is 24.5 Å². The SMILES string of the molecule is COc1ccc(F)cc1C(O)C1CCCN1. The zero-order chi connectivity index (χ0) is 11.5. The van der Waals surface area contributed by atoms with Crippen molar-refractivity contribution >= 4 is 0 Å². The van der Waals surface area contributed by atoms with E-state index < -0.39 is 6.10 Å². The number of halogens is 1. The zero-order valence-electron chi connectivity index (χ0n) is 9.24. The number of aliphatic hydroxyl groups is 1. The minimum Gasteiger partial charge on any atom is -0.496 e. The largest absolute Gasteiger partial charge is 0.496 e. The lowest BCUT2D eigenvalue weighted by Crippen LogP contribution is -2.29. The molecule has 1 heterocycles. The molecule has 1 aliphatic rings. The monoisotopic (exact) mass is 225 g/mol. The highest BCUT2D eigenvalue weighted by Crippen LogP contribution is 2.30. The molecule has 2 unspecified atom stereocenters. The summed E-state index contributed by atoms with van der Waals surface area (Å²) in [7, 11) is 1.52. The number of rotatable bonds is 3. The van der Waals surface area contributed by atoms with E-state index in [1.807, 2.05) is 0 Å². The second-order valence-electron chi connectivity index (χ2n) is 4.03. The molecule has 16 heavy (non-hydrogen) atoms. The molecule has 3 nitrogen and oxygen atoms in total. The molecule has 1 saturated heterocycles. The summed E-state index contributed by atoms with van der Waals surface area (Å²) in [6.45, 7) is 0.902. The number of nitrogens with one attached hydrogen (secondary N) is 1. The third-order valence-electron chi connectivity index (χ3n) is 2.99. The van der Waals surface area contributed by atoms with Gasteiger partial charge in [0.25, 0.3) is 0 Å². The number of hydrogen-bond donors (Lipinski definition) is 2. The van der Waals surface area contributed by atoms with Gasteiger partial charge in [0.05, 0.1) is 13.2 Å². The van der Waals surface area contributed by atoms with Gasteiger partial charge < -0.3 is 15.2 Å². The first kappa shape index (κ1) is 11.4. The van der Waals surface area contributed by atoms with Crippen molar-refractivity contribution < 1.29 is 14.2 Å². The molecule has 2 rings (SSSR count). The molecule has 0 aliphatic carbocycles. The van der Waals surface area contributed by atoms with Gasteiger partial charge in [-0.3, -0.25) is 0 Å². The Bertz CT molecular complexity index is 364. The Hall–Kier alpha value is -1.13. The summed E-state index contributed by atoms with van der Waals surface area (Å²) in [5, 5.41) is 13.3. The second-order valence-corrected chi connectivity index (χ2v) is 4.03. The lowest BCUT2D eigenvalue weighted by atomic mass is 10.00. The highest BCUT2D eigenvalue weighted by Gasteiger charge is 2.26. The molecular formula is C12H16FNO2. The molecule has 0 amide bonds. The Morgan fingerprint density at radius 3 is 3.00 bits per heavy atom. The molecule has 1 aromatic rings. The van der Waals surface area contributed by atoms with Crippen LogP contribution >= 0.6 is 0 Å². The van der Waals surface area contributed by atoms with Crippen LogP contribution in [0.5, 0.6) is 5.75 Å². The number of hydrogen-bond acceptors (Lipinski definition) is 3. The molecule has 0 spiro atoms. The third kappa shape index (κ3) is 2.18. The Kier molecular flexibility index (Phi) is 3.41. The van der Waals surface area contributed by atoms with E-state index in [9.17, 15) is 9.50 Å². The van der Waals surface area contributed by atoms with Gasteiger partial charge >= 0.3 is 0 Å². The Balaban J connectivity index is 2.26. The Morgan fingerprint density at radius 2 is 2.38 bits per heavy atom. The van der Waals surface area contributed by atoms with Crippen LogP contribution in [0.2, 0.25) is 0 Å². The van der Waals surface area contributed by atoms with E-state index in [4.69, 9.17) is 4.74 Å². The Labute approximate surface area is 94.2 Å².